The maximum absolute atomic E-state index is 14.0. The molecule has 3 N–H and O–H groups in total. The second-order valence-corrected chi connectivity index (χ2v) is 8.74. The fourth-order valence-electron chi connectivity index (χ4n) is 3.10. The van der Waals surface area contributed by atoms with Crippen molar-refractivity contribution in [1.29, 1.82) is 0 Å². The van der Waals surface area contributed by atoms with Crippen LogP contribution in [0.4, 0.5) is 15.8 Å². The van der Waals surface area contributed by atoms with Gasteiger partial charge in [0.1, 0.15) is 11.5 Å². The molecule has 10 heteroatoms. The number of nitrogens with one attached hydrogen (secondary N) is 3. The van der Waals surface area contributed by atoms with Gasteiger partial charge in [0.15, 0.2) is 0 Å². The lowest BCUT2D eigenvalue weighted by Crippen LogP contribution is -2.36. The van der Waals surface area contributed by atoms with E-state index in [1.165, 1.54) is 28.9 Å². The molecule has 0 unspecified atom stereocenters. The average Bonchev–Trinajstić information content (AvgIpc) is 3.14. The van der Waals surface area contributed by atoms with E-state index in [2.05, 4.69) is 47.9 Å². The van der Waals surface area contributed by atoms with E-state index in [1.54, 1.807) is 48.5 Å². The Hall–Kier alpha value is -3.50. The minimum absolute atomic E-state index is 0.0103. The zero-order valence-corrected chi connectivity index (χ0v) is 19.9. The number of carbonyl (C=O) groups excluding carboxylic acids is 3. The monoisotopic (exact) mass is 572 g/mol. The Kier molecular flexibility index (Phi) is 6.57. The fraction of sp³-hybridized carbons (Fsp3) is 0. The molecule has 0 aliphatic heterocycles. The minimum atomic E-state index is -0.988. The van der Waals surface area contributed by atoms with Crippen LogP contribution < -0.4 is 16.1 Å². The molecule has 1 heterocycles. The molecule has 0 aliphatic carbocycles. The average molecular weight is 574 g/mol. The van der Waals surface area contributed by atoms with Gasteiger partial charge >= 0.3 is 11.8 Å². The van der Waals surface area contributed by atoms with E-state index >= 15 is 0 Å². The zero-order chi connectivity index (χ0) is 23.5. The van der Waals surface area contributed by atoms with E-state index in [1.807, 2.05) is 0 Å². The standard InChI is InChI=1S/C23H15Br2FN4O3/c24-14-5-8-16(9-6-14)27-22(32)23(33)29-30-19-10-7-15(25)11-13(19)12-20(30)21(31)28-18-4-2-1-3-17(18)26/h1-12H,(H,27,32)(H,28,31)(H,29,33). The maximum atomic E-state index is 14.0. The summed E-state index contributed by atoms with van der Waals surface area (Å²) in [6, 6.07) is 19.1. The van der Waals surface area contributed by atoms with Crippen molar-refractivity contribution in [3.63, 3.8) is 0 Å². The van der Waals surface area contributed by atoms with Crippen LogP contribution in [0.25, 0.3) is 10.9 Å². The molecule has 1 aromatic heterocycles. The first-order valence-electron chi connectivity index (χ1n) is 9.56. The molecule has 0 aliphatic rings. The predicted molar refractivity (Wildman–Crippen MR) is 131 cm³/mol. The Morgan fingerprint density at radius 2 is 1.48 bits per heavy atom. The molecule has 33 heavy (non-hydrogen) atoms. The number of hydrogen-bond donors (Lipinski definition) is 3. The van der Waals surface area contributed by atoms with Gasteiger partial charge in [0.25, 0.3) is 5.91 Å². The lowest BCUT2D eigenvalue weighted by molar-refractivity contribution is -0.133. The van der Waals surface area contributed by atoms with Gasteiger partial charge in [-0.15, -0.1) is 0 Å². The van der Waals surface area contributed by atoms with Crippen molar-refractivity contribution in [1.82, 2.24) is 4.68 Å². The summed E-state index contributed by atoms with van der Waals surface area (Å²) in [5.41, 5.74) is 3.35. The number of benzene rings is 3. The number of rotatable bonds is 4. The highest BCUT2D eigenvalue weighted by molar-refractivity contribution is 9.10. The van der Waals surface area contributed by atoms with Crippen LogP contribution >= 0.6 is 31.9 Å². The third-order valence-corrected chi connectivity index (χ3v) is 5.66. The summed E-state index contributed by atoms with van der Waals surface area (Å²) in [5.74, 6) is -3.18. The summed E-state index contributed by atoms with van der Waals surface area (Å²) >= 11 is 6.67. The van der Waals surface area contributed by atoms with Gasteiger partial charge in [0.2, 0.25) is 0 Å². The Morgan fingerprint density at radius 3 is 2.21 bits per heavy atom. The lowest BCUT2D eigenvalue weighted by Gasteiger charge is -2.13. The summed E-state index contributed by atoms with van der Waals surface area (Å²) in [6.45, 7) is 0. The van der Waals surface area contributed by atoms with E-state index < -0.39 is 23.5 Å². The topological polar surface area (TPSA) is 92.2 Å². The molecule has 0 saturated heterocycles. The number of nitrogens with zero attached hydrogens (tertiary/aromatic N) is 1. The number of hydrogen-bond acceptors (Lipinski definition) is 3. The first-order valence-corrected chi connectivity index (χ1v) is 11.2. The first kappa shape index (κ1) is 22.7. The number of anilines is 2. The molecule has 4 rings (SSSR count). The van der Waals surface area contributed by atoms with Crippen LogP contribution in [0, 0.1) is 5.82 Å². The Bertz CT molecular complexity index is 1390. The van der Waals surface area contributed by atoms with Gasteiger partial charge in [0, 0.05) is 20.0 Å². The Balaban J connectivity index is 1.63. The number of carbonyl (C=O) groups is 3. The lowest BCUT2D eigenvalue weighted by atomic mass is 10.2. The van der Waals surface area contributed by atoms with E-state index in [0.717, 1.165) is 8.95 Å². The molecule has 7 nitrogen and oxygen atoms in total. The molecular formula is C23H15Br2FN4O3. The maximum Gasteiger partial charge on any atom is 0.328 e. The second kappa shape index (κ2) is 9.55. The van der Waals surface area contributed by atoms with Crippen molar-refractivity contribution >= 4 is 71.9 Å². The van der Waals surface area contributed by atoms with Crippen molar-refractivity contribution in [2.24, 2.45) is 0 Å². The van der Waals surface area contributed by atoms with Crippen molar-refractivity contribution in [2.45, 2.75) is 0 Å². The van der Waals surface area contributed by atoms with Gasteiger partial charge in [-0.05, 0) is 60.7 Å². The molecule has 0 radical (unpaired) electrons. The van der Waals surface area contributed by atoms with Crippen molar-refractivity contribution in [3.05, 3.63) is 93.3 Å². The van der Waals surface area contributed by atoms with Crippen LogP contribution in [0.5, 0.6) is 0 Å². The molecule has 0 atom stereocenters. The normalized spacial score (nSPS) is 10.6. The number of fused-ring (bicyclic) bond motifs is 1. The Morgan fingerprint density at radius 1 is 0.788 bits per heavy atom. The SMILES string of the molecule is O=C(Nc1ccc(Br)cc1)C(=O)Nn1c(C(=O)Nc2ccccc2F)cc2cc(Br)ccc21. The third kappa shape index (κ3) is 5.12. The molecule has 0 fully saturated rings. The fourth-order valence-corrected chi connectivity index (χ4v) is 3.74. The number of para-hydroxylation sites is 1. The summed E-state index contributed by atoms with van der Waals surface area (Å²) < 4.78 is 16.8. The zero-order valence-electron chi connectivity index (χ0n) is 16.7. The predicted octanol–water partition coefficient (Wildman–Crippen LogP) is 5.27. The van der Waals surface area contributed by atoms with E-state index in [9.17, 15) is 18.8 Å². The Labute approximate surface area is 204 Å². The van der Waals surface area contributed by atoms with Crippen LogP contribution in [-0.4, -0.2) is 22.4 Å². The smallest absolute Gasteiger partial charge is 0.318 e. The van der Waals surface area contributed by atoms with E-state index in [0.29, 0.717) is 16.6 Å². The third-order valence-electron chi connectivity index (χ3n) is 4.64. The van der Waals surface area contributed by atoms with Crippen molar-refractivity contribution in [3.8, 4) is 0 Å². The summed E-state index contributed by atoms with van der Waals surface area (Å²) in [4.78, 5) is 38.0. The van der Waals surface area contributed by atoms with Gasteiger partial charge < -0.3 is 10.6 Å². The minimum Gasteiger partial charge on any atom is -0.318 e. The van der Waals surface area contributed by atoms with Crippen LogP contribution in [-0.2, 0) is 9.59 Å². The number of halogens is 3. The molecule has 4 aromatic rings. The first-order chi connectivity index (χ1) is 15.8. The quantitative estimate of drug-likeness (QED) is 0.291. The van der Waals surface area contributed by atoms with Gasteiger partial charge in [-0.2, -0.15) is 0 Å². The van der Waals surface area contributed by atoms with Crippen molar-refractivity contribution < 1.29 is 18.8 Å². The molecule has 0 spiro atoms. The molecule has 166 valence electrons. The highest BCUT2D eigenvalue weighted by Crippen LogP contribution is 2.24. The molecule has 3 aromatic carbocycles. The highest BCUT2D eigenvalue weighted by atomic mass is 79.9. The molecule has 0 saturated carbocycles. The van der Waals surface area contributed by atoms with Gasteiger partial charge in [-0.1, -0.05) is 44.0 Å². The molecule has 3 amide bonds. The van der Waals surface area contributed by atoms with Gasteiger partial charge in [-0.25, -0.2) is 9.07 Å². The number of aromatic nitrogens is 1. The number of amides is 3. The van der Waals surface area contributed by atoms with Gasteiger partial charge in [-0.3, -0.25) is 19.8 Å². The van der Waals surface area contributed by atoms with E-state index in [4.69, 9.17) is 0 Å². The molecule has 0 bridgehead atoms. The van der Waals surface area contributed by atoms with Gasteiger partial charge in [0.05, 0.1) is 11.2 Å². The van der Waals surface area contributed by atoms with Crippen LogP contribution in [0.1, 0.15) is 10.5 Å². The van der Waals surface area contributed by atoms with Crippen LogP contribution in [0.3, 0.4) is 0 Å². The second-order valence-electron chi connectivity index (χ2n) is 6.90. The molecular weight excluding hydrogens is 559 g/mol. The van der Waals surface area contributed by atoms with E-state index in [-0.39, 0.29) is 11.4 Å². The van der Waals surface area contributed by atoms with Crippen LogP contribution in [0.2, 0.25) is 0 Å². The summed E-state index contributed by atoms with van der Waals surface area (Å²) in [5, 5.41) is 5.60. The summed E-state index contributed by atoms with van der Waals surface area (Å²) in [7, 11) is 0. The largest absolute Gasteiger partial charge is 0.328 e. The van der Waals surface area contributed by atoms with Crippen LogP contribution in [0.15, 0.2) is 81.7 Å². The summed E-state index contributed by atoms with van der Waals surface area (Å²) in [6.07, 6.45) is 0. The highest BCUT2D eigenvalue weighted by Gasteiger charge is 2.21. The van der Waals surface area contributed by atoms with Crippen molar-refractivity contribution in [2.75, 3.05) is 16.1 Å².